The molecule has 0 atom stereocenters. The zero-order valence-corrected chi connectivity index (χ0v) is 16.0. The summed E-state index contributed by atoms with van der Waals surface area (Å²) >= 11 is 0. The number of hydrogen-bond acceptors (Lipinski definition) is 3. The van der Waals surface area contributed by atoms with Crippen LogP contribution in [0.15, 0.2) is 89.8 Å². The SMILES string of the molecule is Nc1ccccc1CCN(CCc1ccccc1)S(=O)(=O)c1ccccc1. The standard InChI is InChI=1S/C22H24N2O2S/c23-22-14-8-7-11-20(22)16-18-24(17-15-19-9-3-1-4-10-19)27(25,26)21-12-5-2-6-13-21/h1-14H,15-18,23H2. The highest BCUT2D eigenvalue weighted by Crippen LogP contribution is 2.18. The summed E-state index contributed by atoms with van der Waals surface area (Å²) in [6, 6.07) is 26.1. The fourth-order valence-electron chi connectivity index (χ4n) is 3.00. The number of para-hydroxylation sites is 1. The lowest BCUT2D eigenvalue weighted by atomic mass is 10.1. The molecule has 0 heterocycles. The summed E-state index contributed by atoms with van der Waals surface area (Å²) in [5.41, 5.74) is 8.80. The molecule has 0 fully saturated rings. The second kappa shape index (κ2) is 8.84. The third-order valence-corrected chi connectivity index (χ3v) is 6.47. The average Bonchev–Trinajstić information content (AvgIpc) is 2.70. The maximum absolute atomic E-state index is 13.2. The van der Waals surface area contributed by atoms with Crippen molar-refractivity contribution in [2.24, 2.45) is 0 Å². The van der Waals surface area contributed by atoms with Gasteiger partial charge in [-0.05, 0) is 42.2 Å². The van der Waals surface area contributed by atoms with Crippen molar-refractivity contribution < 1.29 is 8.42 Å². The lowest BCUT2D eigenvalue weighted by Gasteiger charge is -2.23. The average molecular weight is 381 g/mol. The van der Waals surface area contributed by atoms with E-state index in [1.807, 2.05) is 60.7 Å². The molecule has 3 aromatic rings. The minimum atomic E-state index is -3.56. The number of nitrogens with zero attached hydrogens (tertiary/aromatic N) is 1. The third kappa shape index (κ3) is 4.96. The van der Waals surface area contributed by atoms with Crippen LogP contribution in [-0.4, -0.2) is 25.8 Å². The normalized spacial score (nSPS) is 11.6. The summed E-state index contributed by atoms with van der Waals surface area (Å²) in [6.45, 7) is 0.812. The first-order valence-electron chi connectivity index (χ1n) is 9.00. The number of benzene rings is 3. The molecular weight excluding hydrogens is 356 g/mol. The van der Waals surface area contributed by atoms with Crippen molar-refractivity contribution in [3.05, 3.63) is 96.1 Å². The first kappa shape index (κ1) is 19.1. The molecule has 0 radical (unpaired) electrons. The summed E-state index contributed by atoms with van der Waals surface area (Å²) < 4.78 is 27.9. The Morgan fingerprint density at radius 3 is 1.93 bits per heavy atom. The van der Waals surface area contributed by atoms with Crippen LogP contribution in [0.1, 0.15) is 11.1 Å². The van der Waals surface area contributed by atoms with Gasteiger partial charge in [0.15, 0.2) is 0 Å². The largest absolute Gasteiger partial charge is 0.399 e. The molecule has 3 aromatic carbocycles. The van der Waals surface area contributed by atoms with Gasteiger partial charge in [0.25, 0.3) is 0 Å². The van der Waals surface area contributed by atoms with Gasteiger partial charge in [-0.3, -0.25) is 0 Å². The van der Waals surface area contributed by atoms with Crippen LogP contribution in [0.3, 0.4) is 0 Å². The van der Waals surface area contributed by atoms with Crippen LogP contribution in [0.5, 0.6) is 0 Å². The Morgan fingerprint density at radius 1 is 0.704 bits per heavy atom. The molecule has 4 nitrogen and oxygen atoms in total. The predicted octanol–water partition coefficient (Wildman–Crippen LogP) is 3.74. The number of rotatable bonds is 8. The van der Waals surface area contributed by atoms with Crippen molar-refractivity contribution in [1.29, 1.82) is 0 Å². The van der Waals surface area contributed by atoms with Gasteiger partial charge in [-0.25, -0.2) is 8.42 Å². The minimum Gasteiger partial charge on any atom is -0.399 e. The molecule has 0 aliphatic rings. The maximum atomic E-state index is 13.2. The van der Waals surface area contributed by atoms with Gasteiger partial charge < -0.3 is 5.73 Å². The van der Waals surface area contributed by atoms with Crippen LogP contribution >= 0.6 is 0 Å². The minimum absolute atomic E-state index is 0.319. The Labute approximate surface area is 161 Å². The number of sulfonamides is 1. The lowest BCUT2D eigenvalue weighted by molar-refractivity contribution is 0.417. The molecule has 0 amide bonds. The first-order valence-corrected chi connectivity index (χ1v) is 10.4. The topological polar surface area (TPSA) is 63.4 Å². The van der Waals surface area contributed by atoms with Gasteiger partial charge in [-0.15, -0.1) is 0 Å². The van der Waals surface area contributed by atoms with Gasteiger partial charge in [0.2, 0.25) is 10.0 Å². The Balaban J connectivity index is 1.81. The predicted molar refractivity (Wildman–Crippen MR) is 110 cm³/mol. The molecular formula is C22H24N2O2S. The highest BCUT2D eigenvalue weighted by Gasteiger charge is 2.24. The third-order valence-electron chi connectivity index (χ3n) is 4.56. The summed E-state index contributed by atoms with van der Waals surface area (Å²) in [7, 11) is -3.56. The Hall–Kier alpha value is -2.63. The van der Waals surface area contributed by atoms with E-state index >= 15 is 0 Å². The monoisotopic (exact) mass is 380 g/mol. The van der Waals surface area contributed by atoms with Crippen molar-refractivity contribution >= 4 is 15.7 Å². The molecule has 3 rings (SSSR count). The Morgan fingerprint density at radius 2 is 1.26 bits per heavy atom. The number of nitrogen functional groups attached to an aromatic ring is 1. The van der Waals surface area contributed by atoms with Gasteiger partial charge in [0, 0.05) is 18.8 Å². The van der Waals surface area contributed by atoms with Crippen LogP contribution in [0.4, 0.5) is 5.69 Å². The summed E-state index contributed by atoms with van der Waals surface area (Å²) in [6.07, 6.45) is 1.24. The van der Waals surface area contributed by atoms with E-state index in [4.69, 9.17) is 5.73 Å². The van der Waals surface area contributed by atoms with E-state index < -0.39 is 10.0 Å². The van der Waals surface area contributed by atoms with Crippen molar-refractivity contribution in [3.63, 3.8) is 0 Å². The van der Waals surface area contributed by atoms with Crippen molar-refractivity contribution in [1.82, 2.24) is 4.31 Å². The van der Waals surface area contributed by atoms with Crippen molar-refractivity contribution in [2.45, 2.75) is 17.7 Å². The van der Waals surface area contributed by atoms with Crippen LogP contribution in [0.25, 0.3) is 0 Å². The van der Waals surface area contributed by atoms with Gasteiger partial charge >= 0.3 is 0 Å². The maximum Gasteiger partial charge on any atom is 0.243 e. The molecule has 0 aromatic heterocycles. The molecule has 0 bridgehead atoms. The molecule has 5 heteroatoms. The highest BCUT2D eigenvalue weighted by atomic mass is 32.2. The fraction of sp³-hybridized carbons (Fsp3) is 0.182. The zero-order valence-electron chi connectivity index (χ0n) is 15.2. The molecule has 0 spiro atoms. The second-order valence-corrected chi connectivity index (χ2v) is 8.34. The summed E-state index contributed by atoms with van der Waals surface area (Å²) in [5.74, 6) is 0. The van der Waals surface area contributed by atoms with Gasteiger partial charge in [0.05, 0.1) is 4.90 Å². The van der Waals surface area contributed by atoms with Gasteiger partial charge in [0.1, 0.15) is 0 Å². The summed E-state index contributed by atoms with van der Waals surface area (Å²) in [5, 5.41) is 0. The van der Waals surface area contributed by atoms with Crippen LogP contribution in [0.2, 0.25) is 0 Å². The summed E-state index contributed by atoms with van der Waals surface area (Å²) in [4.78, 5) is 0.319. The molecule has 0 aliphatic heterocycles. The molecule has 0 saturated carbocycles. The van der Waals surface area contributed by atoms with E-state index in [0.717, 1.165) is 11.1 Å². The van der Waals surface area contributed by atoms with Crippen molar-refractivity contribution in [3.8, 4) is 0 Å². The zero-order chi connectivity index (χ0) is 19.1. The van der Waals surface area contributed by atoms with E-state index in [2.05, 4.69) is 0 Å². The molecule has 0 saturated heterocycles. The second-order valence-electron chi connectivity index (χ2n) is 6.40. The molecule has 2 N–H and O–H groups in total. The Kier molecular flexibility index (Phi) is 6.27. The van der Waals surface area contributed by atoms with Crippen molar-refractivity contribution in [2.75, 3.05) is 18.8 Å². The molecule has 0 unspecified atom stereocenters. The number of nitrogens with two attached hydrogens (primary N) is 1. The first-order chi connectivity index (χ1) is 13.1. The number of anilines is 1. The van der Waals surface area contributed by atoms with E-state index in [1.165, 1.54) is 0 Å². The number of hydrogen-bond donors (Lipinski definition) is 1. The van der Waals surface area contributed by atoms with Crippen LogP contribution in [-0.2, 0) is 22.9 Å². The molecule has 140 valence electrons. The fourth-order valence-corrected chi connectivity index (χ4v) is 4.46. The quantitative estimate of drug-likeness (QED) is 0.606. The molecule has 0 aliphatic carbocycles. The lowest BCUT2D eigenvalue weighted by Crippen LogP contribution is -2.35. The molecule has 27 heavy (non-hydrogen) atoms. The van der Waals surface area contributed by atoms with Gasteiger partial charge in [-0.1, -0.05) is 66.7 Å². The Bertz CT molecular complexity index is 958. The van der Waals surface area contributed by atoms with Crippen LogP contribution in [0, 0.1) is 0 Å². The van der Waals surface area contributed by atoms with E-state index in [0.29, 0.717) is 36.5 Å². The van der Waals surface area contributed by atoms with Crippen LogP contribution < -0.4 is 5.73 Å². The van der Waals surface area contributed by atoms with E-state index in [1.54, 1.807) is 28.6 Å². The highest BCUT2D eigenvalue weighted by molar-refractivity contribution is 7.89. The van der Waals surface area contributed by atoms with Gasteiger partial charge in [-0.2, -0.15) is 4.31 Å². The smallest absolute Gasteiger partial charge is 0.243 e. The van der Waals surface area contributed by atoms with E-state index in [9.17, 15) is 8.42 Å². The van der Waals surface area contributed by atoms with E-state index in [-0.39, 0.29) is 0 Å².